The first kappa shape index (κ1) is 20.8. The summed E-state index contributed by atoms with van der Waals surface area (Å²) in [5, 5.41) is 3.13. The highest BCUT2D eigenvalue weighted by Gasteiger charge is 2.27. The lowest BCUT2D eigenvalue weighted by Gasteiger charge is -2.35. The zero-order valence-corrected chi connectivity index (χ0v) is 17.6. The minimum atomic E-state index is -0.0893. The number of hydrogen-bond donors (Lipinski definition) is 1. The van der Waals surface area contributed by atoms with Gasteiger partial charge in [0, 0.05) is 46.2 Å². The third-order valence-electron chi connectivity index (χ3n) is 6.15. The number of benzene rings is 1. The van der Waals surface area contributed by atoms with Crippen LogP contribution in [0.25, 0.3) is 0 Å². The average Bonchev–Trinajstić information content (AvgIpc) is 2.66. The highest BCUT2D eigenvalue weighted by molar-refractivity contribution is 5.80. The lowest BCUT2D eigenvalue weighted by Crippen LogP contribution is -2.44. The normalized spacial score (nSPS) is 26.1. The zero-order valence-electron chi connectivity index (χ0n) is 17.6. The second-order valence-electron chi connectivity index (χ2n) is 8.93. The van der Waals surface area contributed by atoms with Crippen molar-refractivity contribution in [3.63, 3.8) is 0 Å². The van der Waals surface area contributed by atoms with Crippen LogP contribution < -0.4 is 5.32 Å². The number of carbonyl (C=O) groups excluding carboxylic acids is 2. The molecule has 2 saturated heterocycles. The highest BCUT2D eigenvalue weighted by Crippen LogP contribution is 2.23. The molecule has 0 aliphatic carbocycles. The Bertz CT molecular complexity index is 680. The number of rotatable bonds is 5. The minimum absolute atomic E-state index is 0.0628. The van der Waals surface area contributed by atoms with Gasteiger partial charge in [-0.25, -0.2) is 0 Å². The van der Waals surface area contributed by atoms with E-state index in [1.165, 1.54) is 17.5 Å². The molecule has 0 spiro atoms. The van der Waals surface area contributed by atoms with Gasteiger partial charge in [0.15, 0.2) is 0 Å². The van der Waals surface area contributed by atoms with Crippen molar-refractivity contribution in [3.05, 3.63) is 35.4 Å². The summed E-state index contributed by atoms with van der Waals surface area (Å²) in [7, 11) is 0. The van der Waals surface area contributed by atoms with E-state index >= 15 is 0 Å². The number of likely N-dealkylation sites (tertiary alicyclic amines) is 2. The molecule has 28 heavy (non-hydrogen) atoms. The van der Waals surface area contributed by atoms with Crippen molar-refractivity contribution in [3.8, 4) is 0 Å². The molecule has 1 N–H and O–H groups in total. The molecule has 1 aromatic rings. The van der Waals surface area contributed by atoms with E-state index in [9.17, 15) is 9.59 Å². The van der Waals surface area contributed by atoms with Crippen LogP contribution >= 0.6 is 0 Å². The van der Waals surface area contributed by atoms with E-state index in [1.54, 1.807) is 11.8 Å². The van der Waals surface area contributed by atoms with Crippen LogP contribution in [-0.2, 0) is 22.7 Å². The number of piperidine rings is 2. The van der Waals surface area contributed by atoms with E-state index in [4.69, 9.17) is 0 Å². The molecular formula is C23H35N3O2. The molecule has 2 aliphatic heterocycles. The molecule has 0 saturated carbocycles. The predicted octanol–water partition coefficient (Wildman–Crippen LogP) is 3.04. The van der Waals surface area contributed by atoms with Crippen molar-refractivity contribution in [2.24, 2.45) is 17.8 Å². The molecule has 3 atom stereocenters. The van der Waals surface area contributed by atoms with E-state index in [0.29, 0.717) is 13.1 Å². The lowest BCUT2D eigenvalue weighted by molar-refractivity contribution is -0.134. The van der Waals surface area contributed by atoms with Gasteiger partial charge in [-0.15, -0.1) is 0 Å². The quantitative estimate of drug-likeness (QED) is 0.848. The van der Waals surface area contributed by atoms with Gasteiger partial charge in [0.1, 0.15) is 0 Å². The van der Waals surface area contributed by atoms with Gasteiger partial charge in [-0.3, -0.25) is 14.5 Å². The molecule has 1 aromatic carbocycles. The predicted molar refractivity (Wildman–Crippen MR) is 111 cm³/mol. The van der Waals surface area contributed by atoms with Gasteiger partial charge in [-0.1, -0.05) is 38.1 Å². The van der Waals surface area contributed by atoms with E-state index < -0.39 is 0 Å². The van der Waals surface area contributed by atoms with Crippen molar-refractivity contribution in [1.29, 1.82) is 0 Å². The number of nitrogens with zero attached hydrogens (tertiary/aromatic N) is 2. The molecule has 154 valence electrons. The summed E-state index contributed by atoms with van der Waals surface area (Å²) in [4.78, 5) is 28.6. The Morgan fingerprint density at radius 3 is 2.43 bits per heavy atom. The van der Waals surface area contributed by atoms with Crippen LogP contribution in [0.5, 0.6) is 0 Å². The summed E-state index contributed by atoms with van der Waals surface area (Å²) in [5.74, 6) is 1.53. The average molecular weight is 386 g/mol. The van der Waals surface area contributed by atoms with E-state index in [2.05, 4.69) is 42.3 Å². The van der Waals surface area contributed by atoms with Gasteiger partial charge in [-0.2, -0.15) is 0 Å². The third kappa shape index (κ3) is 5.57. The third-order valence-corrected chi connectivity index (χ3v) is 6.15. The first-order chi connectivity index (χ1) is 13.4. The first-order valence-electron chi connectivity index (χ1n) is 10.7. The van der Waals surface area contributed by atoms with Gasteiger partial charge >= 0.3 is 0 Å². The second-order valence-corrected chi connectivity index (χ2v) is 8.93. The van der Waals surface area contributed by atoms with Gasteiger partial charge in [-0.05, 0) is 42.2 Å². The van der Waals surface area contributed by atoms with Crippen molar-refractivity contribution in [1.82, 2.24) is 15.1 Å². The monoisotopic (exact) mass is 385 g/mol. The van der Waals surface area contributed by atoms with Crippen LogP contribution in [0.4, 0.5) is 0 Å². The molecule has 0 radical (unpaired) electrons. The molecule has 2 aliphatic rings. The van der Waals surface area contributed by atoms with Crippen molar-refractivity contribution in [2.45, 2.75) is 53.1 Å². The Morgan fingerprint density at radius 1 is 1.07 bits per heavy atom. The second kappa shape index (κ2) is 9.55. The summed E-state index contributed by atoms with van der Waals surface area (Å²) < 4.78 is 0. The molecular weight excluding hydrogens is 350 g/mol. The standard InChI is InChI=1S/C23H35N3O2/c1-17-11-18(2)14-25(13-17)15-21-8-5-4-7-20(21)12-24-23(28)22-9-6-10-26(16-22)19(3)27/h4-5,7-8,17-18,22H,6,9-16H2,1-3H3,(H,24,28)/t17-,18+,22-/m1/s1. The Morgan fingerprint density at radius 2 is 1.75 bits per heavy atom. The zero-order chi connectivity index (χ0) is 20.1. The number of nitrogens with one attached hydrogen (secondary N) is 1. The van der Waals surface area contributed by atoms with Crippen LogP contribution in [0.2, 0.25) is 0 Å². The van der Waals surface area contributed by atoms with Gasteiger partial charge in [0.25, 0.3) is 0 Å². The molecule has 0 unspecified atom stereocenters. The van der Waals surface area contributed by atoms with Gasteiger partial charge in [0.2, 0.25) is 11.8 Å². The summed E-state index contributed by atoms with van der Waals surface area (Å²) >= 11 is 0. The van der Waals surface area contributed by atoms with Crippen molar-refractivity contribution in [2.75, 3.05) is 26.2 Å². The maximum atomic E-state index is 12.7. The molecule has 2 heterocycles. The minimum Gasteiger partial charge on any atom is -0.352 e. The van der Waals surface area contributed by atoms with Gasteiger partial charge < -0.3 is 10.2 Å². The fourth-order valence-corrected chi connectivity index (χ4v) is 4.85. The fourth-order valence-electron chi connectivity index (χ4n) is 4.85. The maximum absolute atomic E-state index is 12.7. The largest absolute Gasteiger partial charge is 0.352 e. The topological polar surface area (TPSA) is 52.7 Å². The molecule has 2 fully saturated rings. The highest BCUT2D eigenvalue weighted by atomic mass is 16.2. The van der Waals surface area contributed by atoms with Crippen LogP contribution in [0, 0.1) is 17.8 Å². The molecule has 2 amide bonds. The SMILES string of the molecule is CC(=O)N1CCC[C@@H](C(=O)NCc2ccccc2CN2C[C@H](C)C[C@H](C)C2)C1. The molecule has 0 aromatic heterocycles. The number of carbonyl (C=O) groups is 2. The Labute approximate surface area is 169 Å². The van der Waals surface area contributed by atoms with Crippen LogP contribution in [0.1, 0.15) is 51.2 Å². The lowest BCUT2D eigenvalue weighted by atomic mass is 9.91. The summed E-state index contributed by atoms with van der Waals surface area (Å²) in [6.45, 7) is 11.4. The van der Waals surface area contributed by atoms with E-state index in [-0.39, 0.29) is 17.7 Å². The fraction of sp³-hybridized carbons (Fsp3) is 0.652. The smallest absolute Gasteiger partial charge is 0.225 e. The summed E-state index contributed by atoms with van der Waals surface area (Å²) in [6.07, 6.45) is 3.08. The Hall–Kier alpha value is -1.88. The maximum Gasteiger partial charge on any atom is 0.225 e. The number of hydrogen-bond acceptors (Lipinski definition) is 3. The van der Waals surface area contributed by atoms with Crippen molar-refractivity contribution >= 4 is 11.8 Å². The molecule has 5 heteroatoms. The van der Waals surface area contributed by atoms with Crippen LogP contribution in [-0.4, -0.2) is 47.8 Å². The molecule has 3 rings (SSSR count). The van der Waals surface area contributed by atoms with Crippen LogP contribution in [0.15, 0.2) is 24.3 Å². The number of amides is 2. The summed E-state index contributed by atoms with van der Waals surface area (Å²) in [5.41, 5.74) is 2.50. The Balaban J connectivity index is 1.57. The Kier molecular flexibility index (Phi) is 7.11. The van der Waals surface area contributed by atoms with Gasteiger partial charge in [0.05, 0.1) is 5.92 Å². The summed E-state index contributed by atoms with van der Waals surface area (Å²) in [6, 6.07) is 8.44. The molecule has 5 nitrogen and oxygen atoms in total. The van der Waals surface area contributed by atoms with E-state index in [0.717, 1.165) is 50.9 Å². The first-order valence-corrected chi connectivity index (χ1v) is 10.7. The van der Waals surface area contributed by atoms with E-state index in [1.807, 2.05) is 6.07 Å². The van der Waals surface area contributed by atoms with Crippen LogP contribution in [0.3, 0.4) is 0 Å². The van der Waals surface area contributed by atoms with Crippen molar-refractivity contribution < 1.29 is 9.59 Å². The molecule has 0 bridgehead atoms.